The van der Waals surface area contributed by atoms with E-state index >= 15 is 0 Å². The third-order valence-corrected chi connectivity index (χ3v) is 4.36. The summed E-state index contributed by atoms with van der Waals surface area (Å²) in [6.07, 6.45) is 2.48. The van der Waals surface area contributed by atoms with Crippen molar-refractivity contribution in [1.29, 1.82) is 0 Å². The van der Waals surface area contributed by atoms with Gasteiger partial charge in [-0.3, -0.25) is 15.0 Å². The van der Waals surface area contributed by atoms with E-state index in [0.29, 0.717) is 12.6 Å². The summed E-state index contributed by atoms with van der Waals surface area (Å²) < 4.78 is 0. The van der Waals surface area contributed by atoms with Crippen molar-refractivity contribution in [2.45, 2.75) is 25.4 Å². The molecule has 0 aromatic heterocycles. The molecule has 0 aliphatic carbocycles. The molecule has 0 amide bonds. The first-order valence-electron chi connectivity index (χ1n) is 6.93. The Hall–Kier alpha value is -1.46. The molecule has 2 unspecified atom stereocenters. The van der Waals surface area contributed by atoms with Crippen LogP contribution in [0.15, 0.2) is 24.3 Å². The van der Waals surface area contributed by atoms with Gasteiger partial charge in [-0.25, -0.2) is 0 Å². The van der Waals surface area contributed by atoms with E-state index in [0.717, 1.165) is 31.1 Å². The van der Waals surface area contributed by atoms with Crippen LogP contribution in [0, 0.1) is 16.0 Å². The molecule has 3 rings (SSSR count). The van der Waals surface area contributed by atoms with Gasteiger partial charge in [0, 0.05) is 30.8 Å². The molecule has 5 nitrogen and oxygen atoms in total. The number of nitro benzene ring substituents is 1. The highest BCUT2D eigenvalue weighted by Crippen LogP contribution is 2.29. The van der Waals surface area contributed by atoms with E-state index in [1.807, 2.05) is 12.1 Å². The maximum absolute atomic E-state index is 11.1. The van der Waals surface area contributed by atoms with Crippen LogP contribution in [0.2, 0.25) is 0 Å². The van der Waals surface area contributed by atoms with Crippen molar-refractivity contribution in [1.82, 2.24) is 10.2 Å². The first kappa shape index (κ1) is 12.6. The predicted octanol–water partition coefficient (Wildman–Crippen LogP) is 1.78. The highest BCUT2D eigenvalue weighted by molar-refractivity contribution is 5.39. The van der Waals surface area contributed by atoms with Crippen LogP contribution in [0.3, 0.4) is 0 Å². The van der Waals surface area contributed by atoms with Gasteiger partial charge in [0.05, 0.1) is 4.92 Å². The Morgan fingerprint density at radius 1 is 1.37 bits per heavy atom. The van der Waals surface area contributed by atoms with Crippen molar-refractivity contribution >= 4 is 5.69 Å². The maximum Gasteiger partial charge on any atom is 0.273 e. The molecule has 2 saturated heterocycles. The second-order valence-corrected chi connectivity index (χ2v) is 5.48. The van der Waals surface area contributed by atoms with Crippen LogP contribution in [-0.2, 0) is 6.54 Å². The predicted molar refractivity (Wildman–Crippen MR) is 72.9 cm³/mol. The van der Waals surface area contributed by atoms with E-state index in [1.54, 1.807) is 12.1 Å². The summed E-state index contributed by atoms with van der Waals surface area (Å²) in [6.45, 7) is 3.86. The van der Waals surface area contributed by atoms with Crippen LogP contribution < -0.4 is 5.32 Å². The molecule has 102 valence electrons. The number of nitro groups is 1. The molecule has 2 aliphatic rings. The Bertz CT molecular complexity index is 478. The van der Waals surface area contributed by atoms with E-state index in [-0.39, 0.29) is 10.6 Å². The van der Waals surface area contributed by atoms with Crippen LogP contribution in [-0.4, -0.2) is 35.5 Å². The largest absolute Gasteiger partial charge is 0.315 e. The number of fused-ring (bicyclic) bond motifs is 1. The van der Waals surface area contributed by atoms with Gasteiger partial charge in [-0.2, -0.15) is 0 Å². The Labute approximate surface area is 112 Å². The molecule has 2 fully saturated rings. The lowest BCUT2D eigenvalue weighted by molar-refractivity contribution is -0.385. The minimum absolute atomic E-state index is 0.246. The number of para-hydroxylation sites is 1. The van der Waals surface area contributed by atoms with E-state index in [2.05, 4.69) is 10.2 Å². The zero-order valence-corrected chi connectivity index (χ0v) is 10.9. The van der Waals surface area contributed by atoms with E-state index in [1.165, 1.54) is 12.8 Å². The highest BCUT2D eigenvalue weighted by Gasteiger charge is 2.35. The summed E-state index contributed by atoms with van der Waals surface area (Å²) in [5, 5.41) is 14.5. The summed E-state index contributed by atoms with van der Waals surface area (Å²) >= 11 is 0. The molecular formula is C14H19N3O2. The number of hydrogen-bond acceptors (Lipinski definition) is 4. The number of piperidine rings is 1. The Morgan fingerprint density at radius 3 is 3.05 bits per heavy atom. The molecule has 1 aromatic rings. The summed E-state index contributed by atoms with van der Waals surface area (Å²) in [6, 6.07) is 7.65. The molecule has 0 bridgehead atoms. The van der Waals surface area contributed by atoms with Crippen LogP contribution in [0.4, 0.5) is 5.69 Å². The highest BCUT2D eigenvalue weighted by atomic mass is 16.6. The molecule has 2 heterocycles. The quantitative estimate of drug-likeness (QED) is 0.665. The Morgan fingerprint density at radius 2 is 2.21 bits per heavy atom. The van der Waals surface area contributed by atoms with E-state index in [9.17, 15) is 10.1 Å². The van der Waals surface area contributed by atoms with Gasteiger partial charge in [-0.1, -0.05) is 18.2 Å². The average molecular weight is 261 g/mol. The lowest BCUT2D eigenvalue weighted by Crippen LogP contribution is -2.44. The van der Waals surface area contributed by atoms with Gasteiger partial charge in [0.2, 0.25) is 0 Å². The Balaban J connectivity index is 1.79. The minimum atomic E-state index is -0.274. The van der Waals surface area contributed by atoms with Crippen molar-refractivity contribution < 1.29 is 4.92 Å². The number of likely N-dealkylation sites (tertiary alicyclic amines) is 1. The molecule has 5 heteroatoms. The van der Waals surface area contributed by atoms with Crippen molar-refractivity contribution in [3.63, 3.8) is 0 Å². The van der Waals surface area contributed by atoms with Gasteiger partial charge in [0.25, 0.3) is 5.69 Å². The number of benzene rings is 1. The van der Waals surface area contributed by atoms with Gasteiger partial charge in [0.1, 0.15) is 0 Å². The van der Waals surface area contributed by atoms with Crippen molar-refractivity contribution in [3.8, 4) is 0 Å². The zero-order valence-electron chi connectivity index (χ0n) is 10.9. The van der Waals surface area contributed by atoms with Crippen LogP contribution >= 0.6 is 0 Å². The summed E-state index contributed by atoms with van der Waals surface area (Å²) in [4.78, 5) is 13.2. The fraction of sp³-hybridized carbons (Fsp3) is 0.571. The molecule has 0 saturated carbocycles. The molecule has 2 aliphatic heterocycles. The lowest BCUT2D eigenvalue weighted by atomic mass is 9.91. The van der Waals surface area contributed by atoms with Gasteiger partial charge in [0.15, 0.2) is 0 Å². The normalized spacial score (nSPS) is 27.2. The standard InChI is InChI=1S/C14H19N3O2/c18-17(19)13-6-2-1-4-12(13)10-16-7-3-5-11-8-15-9-14(11)16/h1-2,4,6,11,14-15H,3,5,7-10H2. The number of hydrogen-bond donors (Lipinski definition) is 1. The first-order valence-corrected chi connectivity index (χ1v) is 6.93. The minimum Gasteiger partial charge on any atom is -0.315 e. The van der Waals surface area contributed by atoms with E-state index in [4.69, 9.17) is 0 Å². The van der Waals surface area contributed by atoms with Crippen LogP contribution in [0.25, 0.3) is 0 Å². The van der Waals surface area contributed by atoms with Crippen LogP contribution in [0.1, 0.15) is 18.4 Å². The topological polar surface area (TPSA) is 58.4 Å². The van der Waals surface area contributed by atoms with Gasteiger partial charge in [-0.15, -0.1) is 0 Å². The molecular weight excluding hydrogens is 242 g/mol. The number of rotatable bonds is 3. The average Bonchev–Trinajstić information content (AvgIpc) is 2.88. The van der Waals surface area contributed by atoms with Crippen molar-refractivity contribution in [2.24, 2.45) is 5.92 Å². The van der Waals surface area contributed by atoms with E-state index < -0.39 is 0 Å². The van der Waals surface area contributed by atoms with Crippen molar-refractivity contribution in [3.05, 3.63) is 39.9 Å². The molecule has 0 spiro atoms. The SMILES string of the molecule is O=[N+]([O-])c1ccccc1CN1CCCC2CNCC21. The first-order chi connectivity index (χ1) is 9.25. The Kier molecular flexibility index (Phi) is 3.48. The zero-order chi connectivity index (χ0) is 13.2. The van der Waals surface area contributed by atoms with Crippen LogP contribution in [0.5, 0.6) is 0 Å². The third kappa shape index (κ3) is 2.48. The summed E-state index contributed by atoms with van der Waals surface area (Å²) in [7, 11) is 0. The van der Waals surface area contributed by atoms with Gasteiger partial charge >= 0.3 is 0 Å². The second-order valence-electron chi connectivity index (χ2n) is 5.48. The summed E-state index contributed by atoms with van der Waals surface area (Å²) in [5.74, 6) is 0.719. The monoisotopic (exact) mass is 261 g/mol. The third-order valence-electron chi connectivity index (χ3n) is 4.36. The molecule has 2 atom stereocenters. The fourth-order valence-corrected chi connectivity index (χ4v) is 3.40. The number of nitrogens with zero attached hydrogens (tertiary/aromatic N) is 2. The molecule has 1 aromatic carbocycles. The molecule has 1 N–H and O–H groups in total. The maximum atomic E-state index is 11.1. The molecule has 0 radical (unpaired) electrons. The number of nitrogens with one attached hydrogen (secondary N) is 1. The smallest absolute Gasteiger partial charge is 0.273 e. The van der Waals surface area contributed by atoms with Crippen molar-refractivity contribution in [2.75, 3.05) is 19.6 Å². The fourth-order valence-electron chi connectivity index (χ4n) is 3.40. The molecule has 19 heavy (non-hydrogen) atoms. The lowest BCUT2D eigenvalue weighted by Gasteiger charge is -2.36. The van der Waals surface area contributed by atoms with Gasteiger partial charge < -0.3 is 5.32 Å². The van der Waals surface area contributed by atoms with Gasteiger partial charge in [-0.05, 0) is 31.8 Å². The summed E-state index contributed by atoms with van der Waals surface area (Å²) in [5.41, 5.74) is 1.08. The second kappa shape index (κ2) is 5.27.